The minimum atomic E-state index is -0.249. The second kappa shape index (κ2) is 8.30. The fourth-order valence-corrected chi connectivity index (χ4v) is 5.34. The SMILES string of the molecule is COCc1cc2c(cc1C(=O)N1CCc3cc(Br)cnc31)[nH]c(=O)c1cnc(C3CCOC3)n12. The molecule has 0 saturated carbocycles. The lowest BCUT2D eigenvalue weighted by Crippen LogP contribution is -2.30. The van der Waals surface area contributed by atoms with E-state index < -0.39 is 0 Å². The number of aromatic amines is 1. The molecule has 10 heteroatoms. The van der Waals surface area contributed by atoms with Crippen molar-refractivity contribution in [2.24, 2.45) is 0 Å². The Labute approximate surface area is 202 Å². The Balaban J connectivity index is 1.52. The molecule has 5 heterocycles. The van der Waals surface area contributed by atoms with Crippen molar-refractivity contribution >= 4 is 44.2 Å². The van der Waals surface area contributed by atoms with E-state index in [9.17, 15) is 9.59 Å². The normalized spacial score (nSPS) is 17.7. The highest BCUT2D eigenvalue weighted by Gasteiger charge is 2.30. The van der Waals surface area contributed by atoms with E-state index in [0.29, 0.717) is 42.2 Å². The third-order valence-electron chi connectivity index (χ3n) is 6.57. The molecule has 3 aromatic heterocycles. The van der Waals surface area contributed by atoms with E-state index in [-0.39, 0.29) is 24.0 Å². The van der Waals surface area contributed by atoms with Crippen LogP contribution < -0.4 is 10.5 Å². The van der Waals surface area contributed by atoms with Crippen molar-refractivity contribution in [2.75, 3.05) is 31.8 Å². The number of nitrogens with zero attached hydrogens (tertiary/aromatic N) is 4. The number of anilines is 1. The van der Waals surface area contributed by atoms with E-state index in [1.165, 1.54) is 0 Å². The van der Waals surface area contributed by atoms with Crippen molar-refractivity contribution in [2.45, 2.75) is 25.4 Å². The molecule has 4 aromatic rings. The van der Waals surface area contributed by atoms with Gasteiger partial charge in [0.25, 0.3) is 11.5 Å². The molecule has 2 aliphatic rings. The van der Waals surface area contributed by atoms with E-state index in [0.717, 1.165) is 39.8 Å². The zero-order valence-electron chi connectivity index (χ0n) is 18.5. The summed E-state index contributed by atoms with van der Waals surface area (Å²) in [4.78, 5) is 40.2. The van der Waals surface area contributed by atoms with Crippen molar-refractivity contribution in [3.63, 3.8) is 0 Å². The quantitative estimate of drug-likeness (QED) is 0.440. The van der Waals surface area contributed by atoms with Gasteiger partial charge < -0.3 is 14.5 Å². The predicted molar refractivity (Wildman–Crippen MR) is 130 cm³/mol. The number of imidazole rings is 1. The molecule has 0 spiro atoms. The number of pyridine rings is 1. The Morgan fingerprint density at radius 3 is 2.94 bits per heavy atom. The van der Waals surface area contributed by atoms with Crippen LogP contribution in [-0.2, 0) is 22.5 Å². The highest BCUT2D eigenvalue weighted by Crippen LogP contribution is 2.32. The van der Waals surface area contributed by atoms with Crippen LogP contribution in [0.15, 0.2) is 39.9 Å². The molecule has 2 aliphatic heterocycles. The number of rotatable bonds is 4. The summed E-state index contributed by atoms with van der Waals surface area (Å²) in [5.74, 6) is 1.41. The fourth-order valence-electron chi connectivity index (χ4n) is 4.96. The van der Waals surface area contributed by atoms with E-state index in [2.05, 4.69) is 30.9 Å². The van der Waals surface area contributed by atoms with Gasteiger partial charge in [-0.3, -0.25) is 18.9 Å². The van der Waals surface area contributed by atoms with Gasteiger partial charge in [-0.05, 0) is 58.1 Å². The maximum absolute atomic E-state index is 13.7. The Morgan fingerprint density at radius 1 is 1.26 bits per heavy atom. The van der Waals surface area contributed by atoms with Gasteiger partial charge in [0.1, 0.15) is 17.2 Å². The summed E-state index contributed by atoms with van der Waals surface area (Å²) in [6, 6.07) is 5.66. The second-order valence-corrected chi connectivity index (χ2v) is 9.57. The number of amides is 1. The van der Waals surface area contributed by atoms with Crippen LogP contribution in [0.3, 0.4) is 0 Å². The van der Waals surface area contributed by atoms with Crippen LogP contribution in [0.5, 0.6) is 0 Å². The molecule has 0 aliphatic carbocycles. The second-order valence-electron chi connectivity index (χ2n) is 8.65. The Morgan fingerprint density at radius 2 is 2.15 bits per heavy atom. The molecule has 1 amide bonds. The molecule has 0 radical (unpaired) electrons. The largest absolute Gasteiger partial charge is 0.381 e. The van der Waals surface area contributed by atoms with Crippen LogP contribution in [0, 0.1) is 0 Å². The maximum atomic E-state index is 13.7. The summed E-state index contributed by atoms with van der Waals surface area (Å²) in [6.07, 6.45) is 4.89. The van der Waals surface area contributed by atoms with Crippen LogP contribution >= 0.6 is 15.9 Å². The molecule has 9 nitrogen and oxygen atoms in total. The number of H-pyrrole nitrogens is 1. The maximum Gasteiger partial charge on any atom is 0.274 e. The molecule has 1 saturated heterocycles. The molecule has 0 bridgehead atoms. The summed E-state index contributed by atoms with van der Waals surface area (Å²) in [6.45, 7) is 2.05. The first-order valence-electron chi connectivity index (χ1n) is 11.1. The van der Waals surface area contributed by atoms with Gasteiger partial charge in [0.05, 0.1) is 30.4 Å². The first-order valence-corrected chi connectivity index (χ1v) is 11.9. The van der Waals surface area contributed by atoms with Crippen molar-refractivity contribution in [1.29, 1.82) is 0 Å². The lowest BCUT2D eigenvalue weighted by Gasteiger charge is -2.19. The van der Waals surface area contributed by atoms with Crippen LogP contribution in [0.4, 0.5) is 5.82 Å². The first-order chi connectivity index (χ1) is 16.5. The highest BCUT2D eigenvalue weighted by molar-refractivity contribution is 9.10. The number of benzene rings is 1. The fraction of sp³-hybridized carbons (Fsp3) is 0.333. The zero-order valence-corrected chi connectivity index (χ0v) is 20.1. The van der Waals surface area contributed by atoms with Crippen molar-refractivity contribution in [3.05, 3.63) is 67.9 Å². The van der Waals surface area contributed by atoms with Gasteiger partial charge in [-0.2, -0.15) is 0 Å². The molecule has 6 rings (SSSR count). The number of nitrogens with one attached hydrogen (secondary N) is 1. The van der Waals surface area contributed by atoms with Gasteiger partial charge in [-0.25, -0.2) is 9.97 Å². The molecule has 1 aromatic carbocycles. The molecule has 1 atom stereocenters. The topological polar surface area (TPSA) is 102 Å². The predicted octanol–water partition coefficient (Wildman–Crippen LogP) is 3.19. The van der Waals surface area contributed by atoms with Gasteiger partial charge in [-0.15, -0.1) is 0 Å². The summed E-state index contributed by atoms with van der Waals surface area (Å²) in [7, 11) is 1.60. The standard InChI is InChI=1S/C24H22BrN5O4/c1-33-11-15-7-19-18(28-23(31)20-10-27-22(30(19)20)14-3-5-34-12-14)8-17(15)24(32)29-4-2-13-6-16(25)9-26-21(13)29/h6-10,14H,2-5,11-12H2,1H3,(H,28,31). The summed E-state index contributed by atoms with van der Waals surface area (Å²) in [5.41, 5.74) is 3.81. The Kier molecular flexibility index (Phi) is 5.23. The molecule has 1 fully saturated rings. The Bertz CT molecular complexity index is 1510. The zero-order chi connectivity index (χ0) is 23.4. The minimum absolute atomic E-state index is 0.117. The molecular weight excluding hydrogens is 502 g/mol. The number of fused-ring (bicyclic) bond motifs is 4. The Hall–Kier alpha value is -3.08. The molecule has 34 heavy (non-hydrogen) atoms. The van der Waals surface area contributed by atoms with Crippen LogP contribution in [0.2, 0.25) is 0 Å². The van der Waals surface area contributed by atoms with E-state index in [1.54, 1.807) is 30.5 Å². The lowest BCUT2D eigenvalue weighted by atomic mass is 10.0. The monoisotopic (exact) mass is 523 g/mol. The average Bonchev–Trinajstić information content (AvgIpc) is 3.58. The number of hydrogen-bond acceptors (Lipinski definition) is 6. The van der Waals surface area contributed by atoms with Crippen LogP contribution in [0.25, 0.3) is 16.6 Å². The number of carbonyl (C=O) groups excluding carboxylic acids is 1. The highest BCUT2D eigenvalue weighted by atomic mass is 79.9. The molecular formula is C24H22BrN5O4. The van der Waals surface area contributed by atoms with E-state index >= 15 is 0 Å². The van der Waals surface area contributed by atoms with Crippen molar-refractivity contribution in [3.8, 4) is 0 Å². The average molecular weight is 524 g/mol. The third-order valence-corrected chi connectivity index (χ3v) is 7.01. The van der Waals surface area contributed by atoms with Gasteiger partial charge in [-0.1, -0.05) is 0 Å². The van der Waals surface area contributed by atoms with Gasteiger partial charge in [0.15, 0.2) is 0 Å². The first kappa shape index (κ1) is 21.5. The number of halogens is 1. The van der Waals surface area contributed by atoms with Gasteiger partial charge in [0, 0.05) is 42.4 Å². The number of carbonyl (C=O) groups is 1. The molecule has 174 valence electrons. The van der Waals surface area contributed by atoms with Crippen molar-refractivity contribution in [1.82, 2.24) is 19.4 Å². The molecule has 1 N–H and O–H groups in total. The summed E-state index contributed by atoms with van der Waals surface area (Å²) < 4.78 is 13.8. The number of hydrogen-bond donors (Lipinski definition) is 1. The van der Waals surface area contributed by atoms with Gasteiger partial charge in [0.2, 0.25) is 0 Å². The summed E-state index contributed by atoms with van der Waals surface area (Å²) in [5, 5.41) is 0. The third kappa shape index (κ3) is 3.36. The van der Waals surface area contributed by atoms with Crippen LogP contribution in [0.1, 0.15) is 39.6 Å². The number of methoxy groups -OCH3 is 1. The van der Waals surface area contributed by atoms with Crippen LogP contribution in [-0.4, -0.2) is 52.1 Å². The minimum Gasteiger partial charge on any atom is -0.381 e. The van der Waals surface area contributed by atoms with E-state index in [4.69, 9.17) is 9.47 Å². The smallest absolute Gasteiger partial charge is 0.274 e. The van der Waals surface area contributed by atoms with Crippen molar-refractivity contribution < 1.29 is 14.3 Å². The number of aromatic nitrogens is 4. The van der Waals surface area contributed by atoms with Gasteiger partial charge >= 0.3 is 0 Å². The summed E-state index contributed by atoms with van der Waals surface area (Å²) >= 11 is 3.45. The lowest BCUT2D eigenvalue weighted by molar-refractivity contribution is 0.0984. The molecule has 1 unspecified atom stereocenters. The number of ether oxygens (including phenoxy) is 2. The van der Waals surface area contributed by atoms with E-state index in [1.807, 2.05) is 16.5 Å².